The lowest BCUT2D eigenvalue weighted by Crippen LogP contribution is -2.35. The van der Waals surface area contributed by atoms with Crippen LogP contribution in [-0.4, -0.2) is 43.3 Å². The van der Waals surface area contributed by atoms with Crippen molar-refractivity contribution in [2.75, 3.05) is 25.4 Å². The largest absolute Gasteiger partial charge is 0.396 e. The number of sulfonamides is 1. The van der Waals surface area contributed by atoms with E-state index in [1.165, 1.54) is 4.31 Å². The lowest BCUT2D eigenvalue weighted by molar-refractivity contribution is 0.287. The summed E-state index contributed by atoms with van der Waals surface area (Å²) in [6.07, 6.45) is 5.79. The van der Waals surface area contributed by atoms with Crippen molar-refractivity contribution in [3.63, 3.8) is 0 Å². The molecular weight excluding hydrogens is 202 g/mol. The molecule has 0 aromatic heterocycles. The maximum atomic E-state index is 11.7. The second kappa shape index (κ2) is 5.48. The van der Waals surface area contributed by atoms with E-state index in [0.29, 0.717) is 25.9 Å². The van der Waals surface area contributed by atoms with Gasteiger partial charge in [-0.15, -0.1) is 0 Å². The molecule has 0 saturated carbocycles. The fourth-order valence-electron chi connectivity index (χ4n) is 1.40. The molecule has 0 atom stereocenters. The van der Waals surface area contributed by atoms with E-state index in [1.807, 2.05) is 12.2 Å². The minimum absolute atomic E-state index is 0.0649. The van der Waals surface area contributed by atoms with Gasteiger partial charge in [-0.25, -0.2) is 8.42 Å². The lowest BCUT2D eigenvalue weighted by atomic mass is 10.3. The number of unbranched alkanes of at least 4 members (excludes halogenated alkanes) is 1. The van der Waals surface area contributed by atoms with Gasteiger partial charge in [-0.2, -0.15) is 4.31 Å². The fourth-order valence-corrected chi connectivity index (χ4v) is 2.92. The molecule has 1 aliphatic heterocycles. The molecule has 1 rings (SSSR count). The molecule has 0 bridgehead atoms. The summed E-state index contributed by atoms with van der Waals surface area (Å²) in [5.41, 5.74) is 0. The summed E-state index contributed by atoms with van der Waals surface area (Å²) in [5.74, 6) is 0.154. The molecule has 0 spiro atoms. The van der Waals surface area contributed by atoms with Crippen molar-refractivity contribution in [2.24, 2.45) is 0 Å². The van der Waals surface area contributed by atoms with Crippen LogP contribution in [0.5, 0.6) is 0 Å². The van der Waals surface area contributed by atoms with E-state index >= 15 is 0 Å². The second-order valence-electron chi connectivity index (χ2n) is 3.36. The highest BCUT2D eigenvalue weighted by Crippen LogP contribution is 2.09. The molecule has 0 fully saturated rings. The summed E-state index contributed by atoms with van der Waals surface area (Å²) in [5, 5.41) is 8.55. The highest BCUT2D eigenvalue weighted by molar-refractivity contribution is 7.89. The predicted octanol–water partition coefficient (Wildman–Crippen LogP) is 0.351. The molecule has 5 heteroatoms. The van der Waals surface area contributed by atoms with Gasteiger partial charge in [0, 0.05) is 19.7 Å². The molecule has 82 valence electrons. The minimum Gasteiger partial charge on any atom is -0.396 e. The highest BCUT2D eigenvalue weighted by atomic mass is 32.2. The van der Waals surface area contributed by atoms with Gasteiger partial charge in [-0.1, -0.05) is 12.2 Å². The van der Waals surface area contributed by atoms with Crippen LogP contribution in [0.2, 0.25) is 0 Å². The lowest BCUT2D eigenvalue weighted by Gasteiger charge is -2.22. The number of aliphatic hydroxyl groups excluding tert-OH is 1. The van der Waals surface area contributed by atoms with Gasteiger partial charge in [0.15, 0.2) is 0 Å². The van der Waals surface area contributed by atoms with Crippen LogP contribution in [0.25, 0.3) is 0 Å². The summed E-state index contributed by atoms with van der Waals surface area (Å²) in [6.45, 7) is 1.16. The smallest absolute Gasteiger partial charge is 0.214 e. The molecule has 0 aliphatic carbocycles. The predicted molar refractivity (Wildman–Crippen MR) is 55.4 cm³/mol. The number of rotatable bonds is 5. The monoisotopic (exact) mass is 219 g/mol. The molecule has 14 heavy (non-hydrogen) atoms. The number of nitrogens with zero attached hydrogens (tertiary/aromatic N) is 1. The van der Waals surface area contributed by atoms with Crippen LogP contribution in [0.15, 0.2) is 12.2 Å². The Morgan fingerprint density at radius 1 is 1.29 bits per heavy atom. The fraction of sp³-hybridized carbons (Fsp3) is 0.778. The molecule has 1 heterocycles. The normalized spacial score (nSPS) is 18.6. The number of hydrogen-bond acceptors (Lipinski definition) is 3. The Hall–Kier alpha value is -0.390. The van der Waals surface area contributed by atoms with Gasteiger partial charge in [0.25, 0.3) is 0 Å². The first-order valence-electron chi connectivity index (χ1n) is 4.90. The van der Waals surface area contributed by atoms with Crippen molar-refractivity contribution in [1.82, 2.24) is 4.31 Å². The van der Waals surface area contributed by atoms with Gasteiger partial charge in [-0.3, -0.25) is 0 Å². The Kier molecular flexibility index (Phi) is 4.57. The zero-order chi connectivity index (χ0) is 10.4. The van der Waals surface area contributed by atoms with Crippen LogP contribution in [0.3, 0.4) is 0 Å². The van der Waals surface area contributed by atoms with E-state index in [0.717, 1.165) is 6.42 Å². The van der Waals surface area contributed by atoms with Crippen molar-refractivity contribution in [3.05, 3.63) is 12.2 Å². The van der Waals surface area contributed by atoms with E-state index in [9.17, 15) is 8.42 Å². The molecule has 0 aromatic carbocycles. The van der Waals surface area contributed by atoms with Crippen LogP contribution in [-0.2, 0) is 10.0 Å². The molecule has 0 aromatic rings. The Morgan fingerprint density at radius 3 is 2.64 bits per heavy atom. The summed E-state index contributed by atoms with van der Waals surface area (Å²) < 4.78 is 24.8. The van der Waals surface area contributed by atoms with Crippen LogP contribution in [0.1, 0.15) is 19.3 Å². The van der Waals surface area contributed by atoms with Gasteiger partial charge < -0.3 is 5.11 Å². The van der Waals surface area contributed by atoms with Crippen molar-refractivity contribution >= 4 is 10.0 Å². The van der Waals surface area contributed by atoms with Crippen molar-refractivity contribution in [3.8, 4) is 0 Å². The van der Waals surface area contributed by atoms with Crippen molar-refractivity contribution < 1.29 is 13.5 Å². The topological polar surface area (TPSA) is 57.6 Å². The maximum Gasteiger partial charge on any atom is 0.214 e. The summed E-state index contributed by atoms with van der Waals surface area (Å²) in [7, 11) is -3.08. The van der Waals surface area contributed by atoms with E-state index < -0.39 is 10.0 Å². The quantitative estimate of drug-likeness (QED) is 0.536. The first-order valence-corrected chi connectivity index (χ1v) is 6.51. The van der Waals surface area contributed by atoms with E-state index in [4.69, 9.17) is 5.11 Å². The molecule has 0 radical (unpaired) electrons. The van der Waals surface area contributed by atoms with Gasteiger partial charge in [0.1, 0.15) is 0 Å². The van der Waals surface area contributed by atoms with E-state index in [2.05, 4.69) is 0 Å². The Labute approximate surface area is 85.3 Å². The Balaban J connectivity index is 2.43. The number of hydrogen-bond donors (Lipinski definition) is 1. The zero-order valence-corrected chi connectivity index (χ0v) is 9.04. The molecule has 1 N–H and O–H groups in total. The third kappa shape index (κ3) is 3.40. The van der Waals surface area contributed by atoms with Crippen molar-refractivity contribution in [2.45, 2.75) is 19.3 Å². The van der Waals surface area contributed by atoms with Gasteiger partial charge >= 0.3 is 0 Å². The molecule has 0 unspecified atom stereocenters. The van der Waals surface area contributed by atoms with Gasteiger partial charge in [0.05, 0.1) is 5.75 Å². The van der Waals surface area contributed by atoms with Gasteiger partial charge in [-0.05, 0) is 19.3 Å². The minimum atomic E-state index is -3.08. The van der Waals surface area contributed by atoms with Crippen LogP contribution in [0, 0.1) is 0 Å². The average Bonchev–Trinajstić information content (AvgIpc) is 2.19. The summed E-state index contributed by atoms with van der Waals surface area (Å²) in [4.78, 5) is 0. The molecule has 4 nitrogen and oxygen atoms in total. The highest BCUT2D eigenvalue weighted by Gasteiger charge is 2.20. The average molecular weight is 219 g/mol. The van der Waals surface area contributed by atoms with Crippen LogP contribution >= 0.6 is 0 Å². The van der Waals surface area contributed by atoms with Crippen molar-refractivity contribution in [1.29, 1.82) is 0 Å². The molecule has 0 saturated heterocycles. The zero-order valence-electron chi connectivity index (χ0n) is 8.22. The maximum absolute atomic E-state index is 11.7. The van der Waals surface area contributed by atoms with Gasteiger partial charge in [0.2, 0.25) is 10.0 Å². The molecule has 0 amide bonds. The first kappa shape index (κ1) is 11.7. The van der Waals surface area contributed by atoms with Crippen LogP contribution in [0.4, 0.5) is 0 Å². The Morgan fingerprint density at radius 2 is 2.07 bits per heavy atom. The van der Waals surface area contributed by atoms with Crippen LogP contribution < -0.4 is 0 Å². The van der Waals surface area contributed by atoms with E-state index in [-0.39, 0.29) is 12.4 Å². The third-order valence-corrected chi connectivity index (χ3v) is 4.15. The third-order valence-electron chi connectivity index (χ3n) is 2.22. The second-order valence-corrected chi connectivity index (χ2v) is 5.45. The summed E-state index contributed by atoms with van der Waals surface area (Å²) >= 11 is 0. The number of aliphatic hydroxyl groups is 1. The molecular formula is C9H17NO3S. The first-order chi connectivity index (χ1) is 6.67. The molecule has 1 aliphatic rings. The summed E-state index contributed by atoms with van der Waals surface area (Å²) in [6, 6.07) is 0. The standard InChI is InChI=1S/C9H17NO3S/c11-8-4-5-9-14(12,13)10-6-2-1-3-7-10/h1-2,11H,3-9H2. The Bertz CT molecular complexity index is 284. The SMILES string of the molecule is O=S(=O)(CCCCO)N1CC=CCC1. The van der Waals surface area contributed by atoms with E-state index in [1.54, 1.807) is 0 Å².